The molecule has 0 aliphatic rings. The highest BCUT2D eigenvalue weighted by Crippen LogP contribution is 2.23. The van der Waals surface area contributed by atoms with Gasteiger partial charge in [-0.2, -0.15) is 10.2 Å². The number of methoxy groups -OCH3 is 1. The quantitative estimate of drug-likeness (QED) is 0.729. The minimum Gasteiger partial charge on any atom is -0.497 e. The first-order chi connectivity index (χ1) is 12.2. The average Bonchev–Trinajstić information content (AvgIpc) is 3.29. The zero-order valence-electron chi connectivity index (χ0n) is 13.4. The van der Waals surface area contributed by atoms with Crippen molar-refractivity contribution in [1.29, 1.82) is 5.26 Å². The minimum absolute atomic E-state index is 0.188. The summed E-state index contributed by atoms with van der Waals surface area (Å²) in [6.07, 6.45) is 0.509. The van der Waals surface area contributed by atoms with Crippen molar-refractivity contribution < 1.29 is 14.1 Å². The van der Waals surface area contributed by atoms with Gasteiger partial charge in [0.2, 0.25) is 17.6 Å². The first-order valence-corrected chi connectivity index (χ1v) is 8.32. The Morgan fingerprint density at radius 1 is 1.36 bits per heavy atom. The lowest BCUT2D eigenvalue weighted by Gasteiger charge is -2.01. The van der Waals surface area contributed by atoms with E-state index < -0.39 is 0 Å². The van der Waals surface area contributed by atoms with Crippen LogP contribution in [0, 0.1) is 11.3 Å². The maximum Gasteiger partial charge on any atom is 0.227 e. The molecular weight excluding hydrogens is 340 g/mol. The molecule has 7 nitrogen and oxygen atoms in total. The van der Waals surface area contributed by atoms with Crippen LogP contribution in [-0.2, 0) is 11.2 Å². The highest BCUT2D eigenvalue weighted by molar-refractivity contribution is 7.14. The normalized spacial score (nSPS) is 10.2. The van der Waals surface area contributed by atoms with E-state index in [9.17, 15) is 4.79 Å². The molecule has 0 aliphatic carbocycles. The molecule has 1 N–H and O–H groups in total. The third-order valence-electron chi connectivity index (χ3n) is 3.42. The third kappa shape index (κ3) is 4.02. The number of nitrogens with zero attached hydrogens (tertiary/aromatic N) is 3. The number of aryl methyl sites for hydroxylation is 1. The first-order valence-electron chi connectivity index (χ1n) is 7.44. The number of aromatic nitrogens is 2. The van der Waals surface area contributed by atoms with Gasteiger partial charge in [-0.15, -0.1) is 11.3 Å². The van der Waals surface area contributed by atoms with Crippen molar-refractivity contribution in [3.63, 3.8) is 0 Å². The summed E-state index contributed by atoms with van der Waals surface area (Å²) in [6.45, 7) is 0. The van der Waals surface area contributed by atoms with Gasteiger partial charge in [0.1, 0.15) is 16.8 Å². The summed E-state index contributed by atoms with van der Waals surface area (Å²) < 4.78 is 10.3. The van der Waals surface area contributed by atoms with Gasteiger partial charge in [0, 0.05) is 18.4 Å². The van der Waals surface area contributed by atoms with E-state index in [1.54, 1.807) is 18.6 Å². The van der Waals surface area contributed by atoms with Crippen LogP contribution in [0.1, 0.15) is 17.9 Å². The molecule has 0 radical (unpaired) electrons. The van der Waals surface area contributed by atoms with Gasteiger partial charge in [0.15, 0.2) is 0 Å². The Morgan fingerprint density at radius 2 is 2.16 bits per heavy atom. The van der Waals surface area contributed by atoms with Crippen molar-refractivity contribution >= 4 is 22.2 Å². The number of nitriles is 1. The van der Waals surface area contributed by atoms with E-state index in [4.69, 9.17) is 14.5 Å². The van der Waals surface area contributed by atoms with Crippen molar-refractivity contribution in [2.45, 2.75) is 12.8 Å². The first kappa shape index (κ1) is 16.7. The second kappa shape index (κ2) is 7.59. The number of thiophene rings is 1. The van der Waals surface area contributed by atoms with Crippen LogP contribution in [0.15, 0.2) is 40.2 Å². The zero-order chi connectivity index (χ0) is 17.6. The second-order valence-electron chi connectivity index (χ2n) is 5.06. The van der Waals surface area contributed by atoms with Crippen LogP contribution < -0.4 is 10.1 Å². The van der Waals surface area contributed by atoms with E-state index in [1.165, 1.54) is 11.3 Å². The Hall–Kier alpha value is -3.18. The predicted octanol–water partition coefficient (Wildman–Crippen LogP) is 3.25. The lowest BCUT2D eigenvalue weighted by atomic mass is 10.2. The lowest BCUT2D eigenvalue weighted by Crippen LogP contribution is -2.12. The number of rotatable bonds is 6. The molecule has 8 heteroatoms. The number of hydrogen-bond donors (Lipinski definition) is 1. The molecule has 0 atom stereocenters. The van der Waals surface area contributed by atoms with Gasteiger partial charge in [-0.3, -0.25) is 4.79 Å². The van der Waals surface area contributed by atoms with Gasteiger partial charge in [0.25, 0.3) is 0 Å². The smallest absolute Gasteiger partial charge is 0.227 e. The summed E-state index contributed by atoms with van der Waals surface area (Å²) in [5.41, 5.74) is 1.26. The number of nitrogens with one attached hydrogen (secondary N) is 1. The summed E-state index contributed by atoms with van der Waals surface area (Å²) in [5.74, 6) is 1.38. The Morgan fingerprint density at radius 3 is 2.88 bits per heavy atom. The number of anilines is 1. The number of amides is 1. The predicted molar refractivity (Wildman–Crippen MR) is 92.3 cm³/mol. The molecule has 3 rings (SSSR count). The Bertz CT molecular complexity index is 909. The van der Waals surface area contributed by atoms with E-state index in [0.717, 1.165) is 11.3 Å². The highest BCUT2D eigenvalue weighted by atomic mass is 32.1. The van der Waals surface area contributed by atoms with Crippen molar-refractivity contribution in [3.8, 4) is 23.2 Å². The Kier molecular flexibility index (Phi) is 5.06. The van der Waals surface area contributed by atoms with Gasteiger partial charge in [-0.1, -0.05) is 5.16 Å². The molecule has 126 valence electrons. The lowest BCUT2D eigenvalue weighted by molar-refractivity contribution is -0.116. The minimum atomic E-state index is -0.205. The van der Waals surface area contributed by atoms with Crippen molar-refractivity contribution in [2.75, 3.05) is 12.4 Å². The number of carbonyl (C=O) groups is 1. The molecule has 1 aromatic carbocycles. The fourth-order valence-corrected chi connectivity index (χ4v) is 2.87. The number of benzene rings is 1. The summed E-state index contributed by atoms with van der Waals surface area (Å²) >= 11 is 1.31. The fourth-order valence-electron chi connectivity index (χ4n) is 2.12. The maximum absolute atomic E-state index is 12.0. The number of ether oxygens (including phenoxy) is 1. The van der Waals surface area contributed by atoms with Crippen LogP contribution >= 0.6 is 11.3 Å². The van der Waals surface area contributed by atoms with Gasteiger partial charge in [0.05, 0.1) is 12.7 Å². The van der Waals surface area contributed by atoms with Crippen LogP contribution in [-0.4, -0.2) is 23.2 Å². The van der Waals surface area contributed by atoms with E-state index in [2.05, 4.69) is 15.5 Å². The van der Waals surface area contributed by atoms with Gasteiger partial charge >= 0.3 is 0 Å². The largest absolute Gasteiger partial charge is 0.497 e. The molecule has 25 heavy (non-hydrogen) atoms. The second-order valence-corrected chi connectivity index (χ2v) is 5.98. The molecule has 0 fully saturated rings. The van der Waals surface area contributed by atoms with E-state index in [-0.39, 0.29) is 12.3 Å². The molecule has 0 spiro atoms. The van der Waals surface area contributed by atoms with Crippen LogP contribution in [0.4, 0.5) is 5.00 Å². The molecule has 0 bridgehead atoms. The van der Waals surface area contributed by atoms with Gasteiger partial charge < -0.3 is 14.6 Å². The molecule has 0 saturated carbocycles. The fraction of sp³-hybridized carbons (Fsp3) is 0.176. The SMILES string of the molecule is COc1ccc(-c2noc(CCC(=O)Nc3sccc3C#N)n2)cc1. The molecule has 0 saturated heterocycles. The summed E-state index contributed by atoms with van der Waals surface area (Å²) in [6, 6.07) is 11.0. The van der Waals surface area contributed by atoms with E-state index in [1.807, 2.05) is 30.3 Å². The molecule has 2 heterocycles. The van der Waals surface area contributed by atoms with Crippen molar-refractivity contribution in [1.82, 2.24) is 10.1 Å². The van der Waals surface area contributed by atoms with Crippen LogP contribution in [0.25, 0.3) is 11.4 Å². The summed E-state index contributed by atoms with van der Waals surface area (Å²) in [4.78, 5) is 16.3. The van der Waals surface area contributed by atoms with Crippen molar-refractivity contribution in [2.24, 2.45) is 0 Å². The molecule has 2 aromatic heterocycles. The van der Waals surface area contributed by atoms with E-state index >= 15 is 0 Å². The van der Waals surface area contributed by atoms with Crippen LogP contribution in [0.2, 0.25) is 0 Å². The topological polar surface area (TPSA) is 101 Å². The Balaban J connectivity index is 1.58. The molecule has 0 unspecified atom stereocenters. The van der Waals surface area contributed by atoms with Crippen LogP contribution in [0.3, 0.4) is 0 Å². The molecule has 3 aromatic rings. The zero-order valence-corrected chi connectivity index (χ0v) is 14.2. The average molecular weight is 354 g/mol. The maximum atomic E-state index is 12.0. The monoisotopic (exact) mass is 354 g/mol. The third-order valence-corrected chi connectivity index (χ3v) is 4.25. The molecule has 1 amide bonds. The van der Waals surface area contributed by atoms with Gasteiger partial charge in [-0.25, -0.2) is 0 Å². The van der Waals surface area contributed by atoms with E-state index in [0.29, 0.717) is 28.7 Å². The number of hydrogen-bond acceptors (Lipinski definition) is 7. The Labute approximate surface area is 147 Å². The van der Waals surface area contributed by atoms with Crippen molar-refractivity contribution in [3.05, 3.63) is 47.2 Å². The van der Waals surface area contributed by atoms with Crippen LogP contribution in [0.5, 0.6) is 5.75 Å². The summed E-state index contributed by atoms with van der Waals surface area (Å²) in [7, 11) is 1.60. The van der Waals surface area contributed by atoms with Gasteiger partial charge in [-0.05, 0) is 35.7 Å². The molecular formula is C17H14N4O3S. The molecule has 0 aliphatic heterocycles. The standard InChI is InChI=1S/C17H14N4O3S/c1-23-13-4-2-11(3-5-13)16-20-15(24-21-16)7-6-14(22)19-17-12(10-18)8-9-25-17/h2-5,8-9H,6-7H2,1H3,(H,19,22). The summed E-state index contributed by atoms with van der Waals surface area (Å²) in [5, 5.41) is 17.9. The highest BCUT2D eigenvalue weighted by Gasteiger charge is 2.12. The number of carbonyl (C=O) groups excluding carboxylic acids is 1.